The van der Waals surface area contributed by atoms with Crippen molar-refractivity contribution in [2.45, 2.75) is 185 Å². The highest BCUT2D eigenvalue weighted by atomic mass is 16.4. The van der Waals surface area contributed by atoms with Crippen molar-refractivity contribution in [3.8, 4) is 0 Å². The van der Waals surface area contributed by atoms with Gasteiger partial charge in [0.25, 0.3) is 0 Å². The zero-order chi connectivity index (χ0) is 66.3. The van der Waals surface area contributed by atoms with Crippen molar-refractivity contribution in [2.24, 2.45) is 78.4 Å². The van der Waals surface area contributed by atoms with Crippen molar-refractivity contribution in [1.82, 2.24) is 47.9 Å². The number of aliphatic carboxylic acids is 1. The van der Waals surface area contributed by atoms with E-state index in [2.05, 4.69) is 62.8 Å². The average Bonchev–Trinajstić information content (AvgIpc) is 3.44. The molecule has 0 unspecified atom stereocenters. The minimum absolute atomic E-state index is 0.0275. The summed E-state index contributed by atoms with van der Waals surface area (Å²) in [5.41, 5.74) is 50.9. The summed E-state index contributed by atoms with van der Waals surface area (Å²) in [4.78, 5) is 149. The highest BCUT2D eigenvalue weighted by molar-refractivity contribution is 5.98. The van der Waals surface area contributed by atoms with Crippen LogP contribution in [0.1, 0.15) is 130 Å². The Hall–Kier alpha value is -8.39. The topological polar surface area (TPSA) is 570 Å². The first-order valence-electron chi connectivity index (χ1n) is 29.9. The van der Waals surface area contributed by atoms with Crippen LogP contribution < -0.4 is 99.5 Å². The molecule has 32 heteroatoms. The molecule has 88 heavy (non-hydrogen) atoms. The molecule has 1 rings (SSSR count). The quantitative estimate of drug-likeness (QED) is 0.0165. The molecule has 0 aromatic heterocycles. The van der Waals surface area contributed by atoms with E-state index in [1.165, 1.54) is 6.92 Å². The van der Waals surface area contributed by atoms with Gasteiger partial charge < -0.3 is 105 Å². The van der Waals surface area contributed by atoms with Crippen LogP contribution in [0.2, 0.25) is 0 Å². The lowest BCUT2D eigenvalue weighted by Crippen LogP contribution is -2.60. The van der Waals surface area contributed by atoms with E-state index in [-0.39, 0.29) is 127 Å². The highest BCUT2D eigenvalue weighted by Gasteiger charge is 2.35. The van der Waals surface area contributed by atoms with Crippen LogP contribution in [0, 0.1) is 11.8 Å². The second-order valence-corrected chi connectivity index (χ2v) is 22.2. The fraction of sp³-hybridized carbons (Fsp3) is 0.661. The second kappa shape index (κ2) is 43.3. The van der Waals surface area contributed by atoms with Crippen molar-refractivity contribution in [3.63, 3.8) is 0 Å². The lowest BCUT2D eigenvalue weighted by atomic mass is 10.00. The Morgan fingerprint density at radius 3 is 1.18 bits per heavy atom. The molecule has 0 fully saturated rings. The molecule has 0 bridgehead atoms. The monoisotopic (exact) mass is 1240 g/mol. The SMILES string of the molecule is CC(C)C[C@H](NC(=O)[C@H](C)NC(=O)[C@H](CCCCN)NC(=O)[C@H](CCCN=C(N)N)NC(=O)[C@H](CCCCN)NC(=O)CNC(=O)[C@H](N)CCCN=C(N)N)C(=O)N[C@H](CCCN=C(N)N)C(=O)N[C@@H](CC(C)C)C(=O)N[C@H](Cc1ccccc1)C(=O)O. The Morgan fingerprint density at radius 1 is 0.432 bits per heavy atom. The molecule has 1 aromatic rings. The number of hydrogen-bond donors (Lipinski definition) is 19. The van der Waals surface area contributed by atoms with E-state index in [9.17, 15) is 53.1 Å². The molecule has 1 aromatic carbocycles. The maximum atomic E-state index is 14.3. The van der Waals surface area contributed by atoms with Gasteiger partial charge in [-0.3, -0.25) is 58.1 Å². The van der Waals surface area contributed by atoms with Gasteiger partial charge in [0.2, 0.25) is 53.2 Å². The molecule has 0 aliphatic rings. The Labute approximate surface area is 515 Å². The summed E-state index contributed by atoms with van der Waals surface area (Å²) in [5.74, 6) is -9.12. The molecule has 0 saturated carbocycles. The van der Waals surface area contributed by atoms with Crippen molar-refractivity contribution >= 4 is 77.0 Å². The molecule has 9 amide bonds. The fourth-order valence-electron chi connectivity index (χ4n) is 8.76. The number of carbonyl (C=O) groups excluding carboxylic acids is 9. The molecule has 496 valence electrons. The van der Waals surface area contributed by atoms with Crippen LogP contribution in [-0.4, -0.2) is 176 Å². The third-order valence-corrected chi connectivity index (χ3v) is 13.4. The standard InChI is InChI=1S/C56H101N21O11/c1-32(2)28-41(51(85)74-40(22-15-27-68-56(64)65)50(84)76-42(29-33(3)4)52(86)77-43(53(87)88)30-35-16-7-6-8-17-35)75-45(79)34(5)70-47(81)38(20-10-12-24-58)72-49(83)39(21-14-26-67-55(62)63)73-48(82)37(19-9-11-23-57)71-44(78)31-69-46(80)36(59)18-13-25-66-54(60)61/h6-8,16-17,32-34,36-43H,9-15,18-31,57-59H2,1-5H3,(H,69,80)(H,70,81)(H,71,78)(H,72,83)(H,73,82)(H,74,85)(H,75,79)(H,76,84)(H,77,86)(H,87,88)(H4,60,61,66)(H4,62,63,67)(H4,64,65,68)/t34-,36+,37-,38-,39-,40+,41-,42-,43+/m0/s1. The Kier molecular flexibility index (Phi) is 38.2. The zero-order valence-electron chi connectivity index (χ0n) is 51.7. The van der Waals surface area contributed by atoms with E-state index >= 15 is 0 Å². The average molecular weight is 1240 g/mol. The number of nitrogens with zero attached hydrogens (tertiary/aromatic N) is 3. The zero-order valence-corrected chi connectivity index (χ0v) is 51.7. The van der Waals surface area contributed by atoms with Crippen LogP contribution in [0.25, 0.3) is 0 Å². The van der Waals surface area contributed by atoms with Crippen molar-refractivity contribution in [3.05, 3.63) is 35.9 Å². The molecule has 0 aliphatic heterocycles. The van der Waals surface area contributed by atoms with Gasteiger partial charge >= 0.3 is 5.97 Å². The number of amides is 9. The number of carboxylic acids is 1. The van der Waals surface area contributed by atoms with E-state index in [4.69, 9.17) is 51.6 Å². The van der Waals surface area contributed by atoms with Gasteiger partial charge in [-0.2, -0.15) is 0 Å². The number of nitrogens with one attached hydrogen (secondary N) is 9. The van der Waals surface area contributed by atoms with Gasteiger partial charge in [0, 0.05) is 26.1 Å². The smallest absolute Gasteiger partial charge is 0.326 e. The van der Waals surface area contributed by atoms with Crippen LogP contribution in [0.3, 0.4) is 0 Å². The first-order valence-corrected chi connectivity index (χ1v) is 29.9. The van der Waals surface area contributed by atoms with Crippen molar-refractivity contribution in [1.29, 1.82) is 0 Å². The predicted octanol–water partition coefficient (Wildman–Crippen LogP) is -4.83. The van der Waals surface area contributed by atoms with E-state index in [0.29, 0.717) is 37.7 Å². The lowest BCUT2D eigenvalue weighted by molar-refractivity contribution is -0.142. The van der Waals surface area contributed by atoms with Crippen LogP contribution in [0.15, 0.2) is 45.3 Å². The second-order valence-electron chi connectivity index (χ2n) is 22.2. The van der Waals surface area contributed by atoms with E-state index in [0.717, 1.165) is 0 Å². The number of benzene rings is 1. The molecule has 0 aliphatic carbocycles. The third kappa shape index (κ3) is 34.1. The largest absolute Gasteiger partial charge is 0.480 e. The van der Waals surface area contributed by atoms with Gasteiger partial charge in [0.05, 0.1) is 12.6 Å². The number of carboxylic acid groups (broad SMARTS) is 1. The summed E-state index contributed by atoms with van der Waals surface area (Å²) in [7, 11) is 0. The molecule has 28 N–H and O–H groups in total. The number of nitrogens with two attached hydrogens (primary N) is 9. The summed E-state index contributed by atoms with van der Waals surface area (Å²) in [5, 5.41) is 33.7. The first kappa shape index (κ1) is 77.6. The summed E-state index contributed by atoms with van der Waals surface area (Å²) in [6.45, 7) is 8.89. The highest BCUT2D eigenvalue weighted by Crippen LogP contribution is 2.13. The van der Waals surface area contributed by atoms with E-state index in [1.54, 1.807) is 44.2 Å². The van der Waals surface area contributed by atoms with Gasteiger partial charge in [-0.25, -0.2) is 4.79 Å². The van der Waals surface area contributed by atoms with Gasteiger partial charge in [-0.1, -0.05) is 58.0 Å². The van der Waals surface area contributed by atoms with Crippen LogP contribution in [0.4, 0.5) is 0 Å². The molecule has 0 spiro atoms. The summed E-state index contributed by atoms with van der Waals surface area (Å²) in [6, 6.07) is -2.67. The number of carbonyl (C=O) groups is 10. The number of hydrogen-bond acceptors (Lipinski definition) is 16. The van der Waals surface area contributed by atoms with Crippen LogP contribution in [-0.2, 0) is 54.4 Å². The molecular weight excluding hydrogens is 1140 g/mol. The Bertz CT molecular complexity index is 2450. The first-order chi connectivity index (χ1) is 41.6. The number of rotatable bonds is 45. The minimum Gasteiger partial charge on any atom is -0.480 e. The maximum Gasteiger partial charge on any atom is 0.326 e. The summed E-state index contributed by atoms with van der Waals surface area (Å²) < 4.78 is 0. The van der Waals surface area contributed by atoms with E-state index in [1.807, 2.05) is 13.8 Å². The lowest BCUT2D eigenvalue weighted by Gasteiger charge is -2.28. The van der Waals surface area contributed by atoms with Crippen LogP contribution in [0.5, 0.6) is 0 Å². The molecule has 9 atom stereocenters. The van der Waals surface area contributed by atoms with Crippen molar-refractivity contribution in [2.75, 3.05) is 39.3 Å². The van der Waals surface area contributed by atoms with Crippen molar-refractivity contribution < 1.29 is 53.1 Å². The molecule has 0 heterocycles. The maximum absolute atomic E-state index is 14.3. The molecular formula is C56H101N21O11. The normalized spacial score (nSPS) is 14.1. The third-order valence-electron chi connectivity index (χ3n) is 13.4. The number of unbranched alkanes of at least 4 members (excludes halogenated alkanes) is 2. The van der Waals surface area contributed by atoms with Gasteiger partial charge in [0.1, 0.15) is 48.3 Å². The number of aliphatic imine (C=N–C) groups is 3. The van der Waals surface area contributed by atoms with Gasteiger partial charge in [0.15, 0.2) is 17.9 Å². The summed E-state index contributed by atoms with van der Waals surface area (Å²) in [6.07, 6.45) is 2.71. The molecule has 0 radical (unpaired) electrons. The Morgan fingerprint density at radius 2 is 0.784 bits per heavy atom. The summed E-state index contributed by atoms with van der Waals surface area (Å²) >= 11 is 0. The molecule has 32 nitrogen and oxygen atoms in total. The fourth-order valence-corrected chi connectivity index (χ4v) is 8.76. The minimum atomic E-state index is -1.34. The van der Waals surface area contributed by atoms with Crippen LogP contribution >= 0.6 is 0 Å². The number of guanidine groups is 3. The Balaban J connectivity index is 3.44. The van der Waals surface area contributed by atoms with Gasteiger partial charge in [-0.15, -0.1) is 0 Å². The molecule has 0 saturated heterocycles. The predicted molar refractivity (Wildman–Crippen MR) is 334 cm³/mol. The van der Waals surface area contributed by atoms with E-state index < -0.39 is 120 Å². The van der Waals surface area contributed by atoms with Gasteiger partial charge in [-0.05, 0) is 127 Å².